The van der Waals surface area contributed by atoms with Crippen molar-refractivity contribution in [3.8, 4) is 11.5 Å². The highest BCUT2D eigenvalue weighted by Crippen LogP contribution is 2.23. The van der Waals surface area contributed by atoms with E-state index in [1.165, 1.54) is 6.42 Å². The first-order chi connectivity index (χ1) is 13.7. The number of halogens is 1. The molecule has 1 aromatic rings. The third kappa shape index (κ3) is 7.49. The number of hydrogen-bond acceptors (Lipinski definition) is 5. The molecule has 2 heterocycles. The van der Waals surface area contributed by atoms with Crippen molar-refractivity contribution >= 4 is 29.9 Å². The van der Waals surface area contributed by atoms with E-state index in [0.29, 0.717) is 18.5 Å². The number of ether oxygens (including phenoxy) is 2. The molecule has 2 aliphatic rings. The maximum atomic E-state index is 10.1. The summed E-state index contributed by atoms with van der Waals surface area (Å²) in [6, 6.07) is 5.65. The average molecular weight is 518 g/mol. The number of phenolic OH excluding ortho intramolecular Hbond substituents is 1. The second kappa shape index (κ2) is 12.4. The van der Waals surface area contributed by atoms with Gasteiger partial charge in [0.1, 0.15) is 11.5 Å². The molecule has 29 heavy (non-hydrogen) atoms. The molecule has 2 saturated heterocycles. The summed E-state index contributed by atoms with van der Waals surface area (Å²) < 4.78 is 10.7. The Morgan fingerprint density at radius 1 is 1.31 bits per heavy atom. The van der Waals surface area contributed by atoms with E-state index in [1.807, 2.05) is 6.07 Å². The van der Waals surface area contributed by atoms with Crippen molar-refractivity contribution < 1.29 is 14.6 Å². The highest BCUT2D eigenvalue weighted by atomic mass is 127. The van der Waals surface area contributed by atoms with E-state index in [4.69, 9.17) is 9.47 Å². The summed E-state index contributed by atoms with van der Waals surface area (Å²) in [5, 5.41) is 16.9. The number of rotatable bonds is 7. The molecule has 0 aliphatic carbocycles. The highest BCUT2D eigenvalue weighted by molar-refractivity contribution is 14.0. The smallest absolute Gasteiger partial charge is 0.191 e. The number of likely N-dealkylation sites (tertiary alicyclic amines) is 1. The average Bonchev–Trinajstić information content (AvgIpc) is 3.22. The van der Waals surface area contributed by atoms with Gasteiger partial charge >= 0.3 is 0 Å². The Kier molecular flexibility index (Phi) is 10.3. The number of nitrogens with one attached hydrogen (secondary N) is 2. The van der Waals surface area contributed by atoms with Crippen LogP contribution in [0, 0.1) is 5.92 Å². The van der Waals surface area contributed by atoms with Crippen molar-refractivity contribution in [1.29, 1.82) is 0 Å². The fraction of sp³-hybridized carbons (Fsp3) is 0.667. The lowest BCUT2D eigenvalue weighted by Gasteiger charge is -2.34. The highest BCUT2D eigenvalue weighted by Gasteiger charge is 2.24. The van der Waals surface area contributed by atoms with Gasteiger partial charge in [-0.15, -0.1) is 24.0 Å². The number of benzene rings is 1. The van der Waals surface area contributed by atoms with Gasteiger partial charge in [-0.05, 0) is 50.3 Å². The molecule has 0 radical (unpaired) electrons. The minimum atomic E-state index is 0. The number of piperidine rings is 1. The number of aliphatic imine (C=N–C) groups is 1. The van der Waals surface area contributed by atoms with Crippen LogP contribution in [0.1, 0.15) is 31.7 Å². The lowest BCUT2D eigenvalue weighted by Crippen LogP contribution is -2.49. The Balaban J connectivity index is 0.00000300. The van der Waals surface area contributed by atoms with Crippen LogP contribution >= 0.6 is 24.0 Å². The lowest BCUT2D eigenvalue weighted by atomic mass is 10.0. The maximum absolute atomic E-state index is 10.1. The molecule has 164 valence electrons. The summed E-state index contributed by atoms with van der Waals surface area (Å²) >= 11 is 0. The molecule has 7 nitrogen and oxygen atoms in total. The summed E-state index contributed by atoms with van der Waals surface area (Å²) in [4.78, 5) is 7.23. The van der Waals surface area contributed by atoms with Crippen LogP contribution in [-0.2, 0) is 11.3 Å². The van der Waals surface area contributed by atoms with E-state index < -0.39 is 0 Å². The molecule has 8 heteroatoms. The Bertz CT molecular complexity index is 645. The molecule has 0 saturated carbocycles. The molecule has 2 fully saturated rings. The van der Waals surface area contributed by atoms with E-state index in [0.717, 1.165) is 69.5 Å². The zero-order valence-corrected chi connectivity index (χ0v) is 19.9. The minimum Gasteiger partial charge on any atom is -0.508 e. The van der Waals surface area contributed by atoms with Gasteiger partial charge in [0.15, 0.2) is 5.96 Å². The molecule has 1 unspecified atom stereocenters. The second-order valence-corrected chi connectivity index (χ2v) is 7.64. The third-order valence-electron chi connectivity index (χ3n) is 5.51. The number of nitrogens with zero attached hydrogens (tertiary/aromatic N) is 2. The lowest BCUT2D eigenvalue weighted by molar-refractivity contribution is 0.150. The summed E-state index contributed by atoms with van der Waals surface area (Å²) in [7, 11) is 1.62. The molecule has 0 bridgehead atoms. The van der Waals surface area contributed by atoms with Gasteiger partial charge in [-0.2, -0.15) is 0 Å². The van der Waals surface area contributed by atoms with Gasteiger partial charge in [0.2, 0.25) is 0 Å². The Labute approximate surface area is 191 Å². The van der Waals surface area contributed by atoms with Crippen molar-refractivity contribution in [3.63, 3.8) is 0 Å². The molecule has 0 aromatic heterocycles. The van der Waals surface area contributed by atoms with Crippen LogP contribution in [0.25, 0.3) is 0 Å². The standard InChI is InChI=1S/C21H34N4O3.HI/c1-3-22-21(23-13-17-12-19(27-2)4-5-20(17)26)24-18-6-9-25(10-7-18)14-16-8-11-28-15-16;/h4-5,12,16,18,26H,3,6-11,13-15H2,1-2H3,(H2,22,23,24);1H. The van der Waals surface area contributed by atoms with Gasteiger partial charge < -0.3 is 30.1 Å². The van der Waals surface area contributed by atoms with Crippen molar-refractivity contribution in [2.24, 2.45) is 10.9 Å². The molecular formula is C21H35IN4O3. The normalized spacial score (nSPS) is 20.9. The quantitative estimate of drug-likeness (QED) is 0.293. The predicted octanol–water partition coefficient (Wildman–Crippen LogP) is 2.57. The number of aromatic hydroxyl groups is 1. The van der Waals surface area contributed by atoms with E-state index >= 15 is 0 Å². The molecule has 2 aliphatic heterocycles. The fourth-order valence-corrected chi connectivity index (χ4v) is 3.85. The molecule has 1 atom stereocenters. The van der Waals surface area contributed by atoms with Gasteiger partial charge in [-0.25, -0.2) is 4.99 Å². The van der Waals surface area contributed by atoms with Crippen LogP contribution < -0.4 is 15.4 Å². The van der Waals surface area contributed by atoms with Crippen molar-refractivity contribution in [3.05, 3.63) is 23.8 Å². The van der Waals surface area contributed by atoms with Gasteiger partial charge in [-0.1, -0.05) is 0 Å². The molecule has 0 spiro atoms. The second-order valence-electron chi connectivity index (χ2n) is 7.64. The fourth-order valence-electron chi connectivity index (χ4n) is 3.85. The monoisotopic (exact) mass is 518 g/mol. The SMILES string of the molecule is CCNC(=NCc1cc(OC)ccc1O)NC1CCN(CC2CCOC2)CC1.I. The first-order valence-electron chi connectivity index (χ1n) is 10.4. The Morgan fingerprint density at radius 2 is 2.10 bits per heavy atom. The van der Waals surface area contributed by atoms with Crippen LogP contribution in [0.2, 0.25) is 0 Å². The largest absolute Gasteiger partial charge is 0.508 e. The first kappa shape index (κ1) is 24.0. The van der Waals surface area contributed by atoms with E-state index in [9.17, 15) is 5.11 Å². The van der Waals surface area contributed by atoms with Gasteiger partial charge in [0.25, 0.3) is 0 Å². The molecule has 0 amide bonds. The van der Waals surface area contributed by atoms with Crippen LogP contribution in [0.4, 0.5) is 0 Å². The summed E-state index contributed by atoms with van der Waals surface area (Å²) in [5.41, 5.74) is 0.755. The predicted molar refractivity (Wildman–Crippen MR) is 126 cm³/mol. The van der Waals surface area contributed by atoms with E-state index in [-0.39, 0.29) is 29.7 Å². The number of guanidine groups is 1. The third-order valence-corrected chi connectivity index (χ3v) is 5.51. The number of hydrogen-bond donors (Lipinski definition) is 3. The molecular weight excluding hydrogens is 483 g/mol. The van der Waals surface area contributed by atoms with Gasteiger partial charge in [0, 0.05) is 44.4 Å². The minimum absolute atomic E-state index is 0. The van der Waals surface area contributed by atoms with Crippen molar-refractivity contribution in [2.75, 3.05) is 46.5 Å². The maximum Gasteiger partial charge on any atom is 0.191 e. The first-order valence-corrected chi connectivity index (χ1v) is 10.4. The summed E-state index contributed by atoms with van der Waals surface area (Å²) in [6.07, 6.45) is 3.43. The number of methoxy groups -OCH3 is 1. The summed E-state index contributed by atoms with van der Waals surface area (Å²) in [6.45, 7) is 8.51. The topological polar surface area (TPSA) is 78.4 Å². The zero-order chi connectivity index (χ0) is 19.8. The van der Waals surface area contributed by atoms with Crippen molar-refractivity contribution in [2.45, 2.75) is 38.8 Å². The van der Waals surface area contributed by atoms with E-state index in [2.05, 4.69) is 27.4 Å². The van der Waals surface area contributed by atoms with E-state index in [1.54, 1.807) is 19.2 Å². The van der Waals surface area contributed by atoms with Crippen molar-refractivity contribution in [1.82, 2.24) is 15.5 Å². The van der Waals surface area contributed by atoms with Crippen LogP contribution in [-0.4, -0.2) is 68.5 Å². The number of phenols is 1. The zero-order valence-electron chi connectivity index (χ0n) is 17.5. The van der Waals surface area contributed by atoms with Crippen LogP contribution in [0.5, 0.6) is 11.5 Å². The Hall–Kier alpha value is -1.26. The van der Waals surface area contributed by atoms with Crippen LogP contribution in [0.3, 0.4) is 0 Å². The molecule has 3 N–H and O–H groups in total. The van der Waals surface area contributed by atoms with Crippen LogP contribution in [0.15, 0.2) is 23.2 Å². The molecule has 3 rings (SSSR count). The Morgan fingerprint density at radius 3 is 2.76 bits per heavy atom. The molecule has 1 aromatic carbocycles. The summed E-state index contributed by atoms with van der Waals surface area (Å²) in [5.74, 6) is 2.47. The van der Waals surface area contributed by atoms with Gasteiger partial charge in [0.05, 0.1) is 20.3 Å². The van der Waals surface area contributed by atoms with Gasteiger partial charge in [-0.3, -0.25) is 0 Å².